The van der Waals surface area contributed by atoms with Gasteiger partial charge in [-0.05, 0) is 19.1 Å². The Kier molecular flexibility index (Phi) is 5.61. The largest absolute Gasteiger partial charge is 0.459 e. The van der Waals surface area contributed by atoms with Crippen molar-refractivity contribution in [3.8, 4) is 0 Å². The molecule has 1 aromatic rings. The van der Waals surface area contributed by atoms with E-state index in [0.29, 0.717) is 58.1 Å². The van der Waals surface area contributed by atoms with Gasteiger partial charge in [-0.15, -0.1) is 0 Å². The van der Waals surface area contributed by atoms with E-state index in [1.54, 1.807) is 28.9 Å². The third-order valence-corrected chi connectivity index (χ3v) is 5.28. The molecule has 8 heteroatoms. The van der Waals surface area contributed by atoms with Gasteiger partial charge in [-0.3, -0.25) is 19.3 Å². The SMILES string of the molecule is CC(=O)N1CCN(C(=O)C(C)N2CCN(C(=O)c3ccco3)CC2)CC1. The highest BCUT2D eigenvalue weighted by Gasteiger charge is 2.32. The minimum absolute atomic E-state index is 0.0579. The normalized spacial score (nSPS) is 20.2. The van der Waals surface area contributed by atoms with Crippen molar-refractivity contribution >= 4 is 17.7 Å². The number of furan rings is 1. The van der Waals surface area contributed by atoms with E-state index in [2.05, 4.69) is 4.90 Å². The molecule has 0 aromatic carbocycles. The lowest BCUT2D eigenvalue weighted by atomic mass is 10.1. The van der Waals surface area contributed by atoms with E-state index in [1.807, 2.05) is 11.8 Å². The maximum atomic E-state index is 12.8. The fourth-order valence-corrected chi connectivity index (χ4v) is 3.53. The summed E-state index contributed by atoms with van der Waals surface area (Å²) in [4.78, 5) is 44.0. The van der Waals surface area contributed by atoms with Crippen LogP contribution in [0.2, 0.25) is 0 Å². The lowest BCUT2D eigenvalue weighted by Gasteiger charge is -2.40. The summed E-state index contributed by atoms with van der Waals surface area (Å²) in [5.41, 5.74) is 0. The summed E-state index contributed by atoms with van der Waals surface area (Å²) >= 11 is 0. The molecule has 2 aliphatic rings. The average Bonchev–Trinajstić information content (AvgIpc) is 3.21. The van der Waals surface area contributed by atoms with Crippen molar-refractivity contribution in [1.82, 2.24) is 19.6 Å². The van der Waals surface area contributed by atoms with Crippen LogP contribution in [0.15, 0.2) is 22.8 Å². The number of carbonyl (C=O) groups excluding carboxylic acids is 3. The van der Waals surface area contributed by atoms with Gasteiger partial charge in [0.15, 0.2) is 5.76 Å². The number of hydrogen-bond donors (Lipinski definition) is 0. The van der Waals surface area contributed by atoms with Gasteiger partial charge in [-0.1, -0.05) is 0 Å². The molecule has 1 unspecified atom stereocenters. The van der Waals surface area contributed by atoms with E-state index in [1.165, 1.54) is 6.26 Å². The standard InChI is InChI=1S/C18H26N4O4/c1-14(17(24)21-11-7-20(8-12-21)15(2)23)19-5-9-22(10-6-19)18(25)16-4-3-13-26-16/h3-4,13-14H,5-12H2,1-2H3. The summed E-state index contributed by atoms with van der Waals surface area (Å²) in [6.45, 7) is 8.31. The van der Waals surface area contributed by atoms with E-state index >= 15 is 0 Å². The molecule has 2 saturated heterocycles. The Morgan fingerprint density at radius 3 is 2.04 bits per heavy atom. The van der Waals surface area contributed by atoms with Gasteiger partial charge < -0.3 is 19.1 Å². The Hall–Kier alpha value is -2.35. The van der Waals surface area contributed by atoms with Crippen LogP contribution >= 0.6 is 0 Å². The highest BCUT2D eigenvalue weighted by Crippen LogP contribution is 2.13. The zero-order chi connectivity index (χ0) is 18.7. The van der Waals surface area contributed by atoms with Crippen LogP contribution < -0.4 is 0 Å². The molecule has 3 heterocycles. The van der Waals surface area contributed by atoms with Gasteiger partial charge in [0.25, 0.3) is 5.91 Å². The second kappa shape index (κ2) is 7.90. The Labute approximate surface area is 153 Å². The minimum atomic E-state index is -0.222. The first-order valence-electron chi connectivity index (χ1n) is 9.08. The summed E-state index contributed by atoms with van der Waals surface area (Å²) in [5, 5.41) is 0. The van der Waals surface area contributed by atoms with E-state index in [0.717, 1.165) is 0 Å². The Morgan fingerprint density at radius 1 is 0.923 bits per heavy atom. The van der Waals surface area contributed by atoms with Crippen molar-refractivity contribution in [2.45, 2.75) is 19.9 Å². The van der Waals surface area contributed by atoms with Crippen LogP contribution in [0.5, 0.6) is 0 Å². The molecule has 1 aromatic heterocycles. The average molecular weight is 362 g/mol. The lowest BCUT2D eigenvalue weighted by Crippen LogP contribution is -2.58. The Balaban J connectivity index is 1.49. The fourth-order valence-electron chi connectivity index (χ4n) is 3.53. The molecule has 0 spiro atoms. The van der Waals surface area contributed by atoms with Crippen LogP contribution in [0.4, 0.5) is 0 Å². The molecule has 0 N–H and O–H groups in total. The molecule has 0 bridgehead atoms. The van der Waals surface area contributed by atoms with Crippen LogP contribution in [0.3, 0.4) is 0 Å². The predicted molar refractivity (Wildman–Crippen MR) is 94.5 cm³/mol. The van der Waals surface area contributed by atoms with Crippen LogP contribution in [-0.2, 0) is 9.59 Å². The van der Waals surface area contributed by atoms with Gasteiger partial charge in [-0.2, -0.15) is 0 Å². The second-order valence-corrected chi connectivity index (χ2v) is 6.81. The van der Waals surface area contributed by atoms with Crippen molar-refractivity contribution in [1.29, 1.82) is 0 Å². The topological polar surface area (TPSA) is 77.3 Å². The van der Waals surface area contributed by atoms with Crippen LogP contribution in [0, 0.1) is 0 Å². The third-order valence-electron chi connectivity index (χ3n) is 5.28. The maximum Gasteiger partial charge on any atom is 0.289 e. The molecular weight excluding hydrogens is 336 g/mol. The minimum Gasteiger partial charge on any atom is -0.459 e. The predicted octanol–water partition coefficient (Wildman–Crippen LogP) is 0.117. The molecule has 26 heavy (non-hydrogen) atoms. The zero-order valence-corrected chi connectivity index (χ0v) is 15.4. The van der Waals surface area contributed by atoms with E-state index < -0.39 is 0 Å². The molecule has 2 fully saturated rings. The number of nitrogens with zero attached hydrogens (tertiary/aromatic N) is 4. The van der Waals surface area contributed by atoms with Crippen LogP contribution in [0.25, 0.3) is 0 Å². The number of amides is 3. The first-order valence-corrected chi connectivity index (χ1v) is 9.08. The number of carbonyl (C=O) groups is 3. The monoisotopic (exact) mass is 362 g/mol. The molecule has 8 nitrogen and oxygen atoms in total. The van der Waals surface area contributed by atoms with Crippen LogP contribution in [0.1, 0.15) is 24.4 Å². The highest BCUT2D eigenvalue weighted by atomic mass is 16.3. The third kappa shape index (κ3) is 3.90. The van der Waals surface area contributed by atoms with Gasteiger partial charge in [0.2, 0.25) is 11.8 Å². The quantitative estimate of drug-likeness (QED) is 0.763. The molecule has 0 saturated carbocycles. The number of hydrogen-bond acceptors (Lipinski definition) is 5. The zero-order valence-electron chi connectivity index (χ0n) is 15.4. The maximum absolute atomic E-state index is 12.8. The molecular formula is C18H26N4O4. The molecule has 1 atom stereocenters. The summed E-state index contributed by atoms with van der Waals surface area (Å²) < 4.78 is 5.17. The van der Waals surface area contributed by atoms with Crippen molar-refractivity contribution in [2.24, 2.45) is 0 Å². The van der Waals surface area contributed by atoms with E-state index in [9.17, 15) is 14.4 Å². The summed E-state index contributed by atoms with van der Waals surface area (Å²) in [6.07, 6.45) is 1.50. The van der Waals surface area contributed by atoms with E-state index in [4.69, 9.17) is 4.42 Å². The number of piperazine rings is 2. The van der Waals surface area contributed by atoms with Crippen molar-refractivity contribution in [3.63, 3.8) is 0 Å². The van der Waals surface area contributed by atoms with Gasteiger partial charge in [0, 0.05) is 59.3 Å². The van der Waals surface area contributed by atoms with Crippen molar-refractivity contribution < 1.29 is 18.8 Å². The Morgan fingerprint density at radius 2 is 1.50 bits per heavy atom. The first-order chi connectivity index (χ1) is 12.5. The summed E-state index contributed by atoms with van der Waals surface area (Å²) in [6, 6.07) is 3.15. The first kappa shape index (κ1) is 18.4. The van der Waals surface area contributed by atoms with Gasteiger partial charge in [0.1, 0.15) is 0 Å². The molecule has 0 radical (unpaired) electrons. The molecule has 2 aliphatic heterocycles. The van der Waals surface area contributed by atoms with Crippen molar-refractivity contribution in [3.05, 3.63) is 24.2 Å². The second-order valence-electron chi connectivity index (χ2n) is 6.81. The molecule has 3 rings (SSSR count). The molecule has 0 aliphatic carbocycles. The number of rotatable bonds is 3. The smallest absolute Gasteiger partial charge is 0.289 e. The Bertz CT molecular complexity index is 644. The summed E-state index contributed by atoms with van der Waals surface area (Å²) in [5.74, 6) is 0.404. The van der Waals surface area contributed by atoms with Gasteiger partial charge >= 0.3 is 0 Å². The van der Waals surface area contributed by atoms with Crippen molar-refractivity contribution in [2.75, 3.05) is 52.4 Å². The molecule has 3 amide bonds. The van der Waals surface area contributed by atoms with Gasteiger partial charge in [0.05, 0.1) is 12.3 Å². The highest BCUT2D eigenvalue weighted by molar-refractivity contribution is 5.91. The fraction of sp³-hybridized carbons (Fsp3) is 0.611. The van der Waals surface area contributed by atoms with E-state index in [-0.39, 0.29) is 23.8 Å². The van der Waals surface area contributed by atoms with Crippen LogP contribution in [-0.4, -0.2) is 95.7 Å². The van der Waals surface area contributed by atoms with Gasteiger partial charge in [-0.25, -0.2) is 0 Å². The lowest BCUT2D eigenvalue weighted by molar-refractivity contribution is -0.142. The molecule has 142 valence electrons. The summed E-state index contributed by atoms with van der Waals surface area (Å²) in [7, 11) is 0.